The van der Waals surface area contributed by atoms with Crippen LogP contribution in [-0.4, -0.2) is 9.97 Å². The van der Waals surface area contributed by atoms with E-state index in [2.05, 4.69) is 15.4 Å². The second kappa shape index (κ2) is 3.43. The van der Waals surface area contributed by atoms with E-state index in [1.165, 1.54) is 12.8 Å². The summed E-state index contributed by atoms with van der Waals surface area (Å²) < 4.78 is 0. The van der Waals surface area contributed by atoms with Crippen molar-refractivity contribution in [2.75, 3.05) is 5.43 Å². The van der Waals surface area contributed by atoms with Crippen LogP contribution in [0.4, 0.5) is 5.82 Å². The Morgan fingerprint density at radius 3 is 3.07 bits per heavy atom. The fourth-order valence-electron chi connectivity index (χ4n) is 1.68. The molecule has 2 aromatic rings. The van der Waals surface area contributed by atoms with Gasteiger partial charge in [0.15, 0.2) is 5.82 Å². The molecule has 15 heavy (non-hydrogen) atoms. The van der Waals surface area contributed by atoms with E-state index in [-0.39, 0.29) is 0 Å². The first-order chi connectivity index (χ1) is 7.36. The minimum atomic E-state index is 0.747. The molecule has 78 valence electrons. The van der Waals surface area contributed by atoms with Crippen molar-refractivity contribution in [1.29, 1.82) is 0 Å². The molecule has 2 heterocycles. The molecule has 3 N–H and O–H groups in total. The predicted octanol–water partition coefficient (Wildman–Crippen LogP) is 1.93. The second-order valence-corrected chi connectivity index (χ2v) is 4.81. The molecule has 0 aromatic carbocycles. The molecule has 0 bridgehead atoms. The van der Waals surface area contributed by atoms with Gasteiger partial charge in [-0.2, -0.15) is 0 Å². The largest absolute Gasteiger partial charge is 0.308 e. The molecule has 1 fully saturated rings. The van der Waals surface area contributed by atoms with Crippen LogP contribution in [0.15, 0.2) is 11.4 Å². The molecule has 5 heteroatoms. The number of hydrogen-bond donors (Lipinski definition) is 2. The number of nitrogens with two attached hydrogens (primary N) is 1. The van der Waals surface area contributed by atoms with Gasteiger partial charge in [-0.25, -0.2) is 15.8 Å². The van der Waals surface area contributed by atoms with Crippen LogP contribution >= 0.6 is 11.3 Å². The van der Waals surface area contributed by atoms with Gasteiger partial charge in [-0.05, 0) is 30.2 Å². The van der Waals surface area contributed by atoms with Crippen molar-refractivity contribution >= 4 is 27.4 Å². The van der Waals surface area contributed by atoms with Crippen LogP contribution < -0.4 is 11.3 Å². The molecule has 0 radical (unpaired) electrons. The Bertz CT molecular complexity index is 489. The highest BCUT2D eigenvalue weighted by Gasteiger charge is 2.23. The molecule has 0 spiro atoms. The Kier molecular flexibility index (Phi) is 2.07. The van der Waals surface area contributed by atoms with Crippen LogP contribution in [0.2, 0.25) is 0 Å². The average molecular weight is 220 g/mol. The third-order valence-electron chi connectivity index (χ3n) is 2.68. The van der Waals surface area contributed by atoms with Crippen LogP contribution in [0.25, 0.3) is 10.2 Å². The summed E-state index contributed by atoms with van der Waals surface area (Å²) in [7, 11) is 0. The van der Waals surface area contributed by atoms with Gasteiger partial charge in [0.2, 0.25) is 0 Å². The van der Waals surface area contributed by atoms with Crippen molar-refractivity contribution in [2.24, 2.45) is 11.8 Å². The van der Waals surface area contributed by atoms with Crippen LogP contribution in [0.5, 0.6) is 0 Å². The molecule has 1 aliphatic carbocycles. The summed E-state index contributed by atoms with van der Waals surface area (Å²) in [5.74, 6) is 7.92. The minimum Gasteiger partial charge on any atom is -0.308 e. The molecule has 0 amide bonds. The lowest BCUT2D eigenvalue weighted by molar-refractivity contribution is 0.777. The number of thiophene rings is 1. The molecule has 1 saturated carbocycles. The van der Waals surface area contributed by atoms with E-state index in [0.717, 1.165) is 34.2 Å². The number of nitrogens with one attached hydrogen (secondary N) is 1. The van der Waals surface area contributed by atoms with Crippen LogP contribution in [0.1, 0.15) is 18.7 Å². The maximum Gasteiger partial charge on any atom is 0.152 e. The number of fused-ring (bicyclic) bond motifs is 1. The maximum absolute atomic E-state index is 5.45. The third kappa shape index (κ3) is 1.68. The average Bonchev–Trinajstić information content (AvgIpc) is 2.93. The summed E-state index contributed by atoms with van der Waals surface area (Å²) in [6.45, 7) is 0. The van der Waals surface area contributed by atoms with Crippen molar-refractivity contribution < 1.29 is 0 Å². The molecule has 0 saturated heterocycles. The summed E-state index contributed by atoms with van der Waals surface area (Å²) >= 11 is 1.63. The Morgan fingerprint density at radius 1 is 1.47 bits per heavy atom. The topological polar surface area (TPSA) is 63.8 Å². The smallest absolute Gasteiger partial charge is 0.152 e. The van der Waals surface area contributed by atoms with Crippen molar-refractivity contribution in [3.63, 3.8) is 0 Å². The molecule has 0 atom stereocenters. The first-order valence-corrected chi connectivity index (χ1v) is 5.95. The quantitative estimate of drug-likeness (QED) is 0.613. The first-order valence-electron chi connectivity index (χ1n) is 5.07. The zero-order valence-corrected chi connectivity index (χ0v) is 9.05. The number of nitrogens with zero attached hydrogens (tertiary/aromatic N) is 2. The lowest BCUT2D eigenvalue weighted by atomic mass is 10.2. The molecular formula is C10H12N4S. The van der Waals surface area contributed by atoms with E-state index in [0.29, 0.717) is 0 Å². The van der Waals surface area contributed by atoms with Gasteiger partial charge in [-0.1, -0.05) is 0 Å². The summed E-state index contributed by atoms with van der Waals surface area (Å²) in [5, 5.41) is 3.03. The normalized spacial score (nSPS) is 15.8. The fourth-order valence-corrected chi connectivity index (χ4v) is 2.46. The van der Waals surface area contributed by atoms with Gasteiger partial charge in [0.05, 0.1) is 5.39 Å². The molecule has 2 aromatic heterocycles. The number of rotatable bonds is 3. The third-order valence-corrected chi connectivity index (χ3v) is 3.48. The molecule has 0 unspecified atom stereocenters. The summed E-state index contributed by atoms with van der Waals surface area (Å²) in [4.78, 5) is 9.99. The standard InChI is InChI=1S/C10H12N4S/c11-14-9-7-3-4-15-10(7)13-8(12-9)5-6-1-2-6/h3-4,6H,1-2,5,11H2,(H,12,13,14). The van der Waals surface area contributed by atoms with E-state index in [1.807, 2.05) is 11.4 Å². The number of hydrogen-bond acceptors (Lipinski definition) is 5. The van der Waals surface area contributed by atoms with E-state index in [1.54, 1.807) is 11.3 Å². The first kappa shape index (κ1) is 9.06. The number of nitrogen functional groups attached to an aromatic ring is 1. The molecular weight excluding hydrogens is 208 g/mol. The van der Waals surface area contributed by atoms with Gasteiger partial charge in [0, 0.05) is 6.42 Å². The van der Waals surface area contributed by atoms with Crippen molar-refractivity contribution in [3.05, 3.63) is 17.3 Å². The molecule has 0 aliphatic heterocycles. The highest BCUT2D eigenvalue weighted by Crippen LogP contribution is 2.33. The Hall–Kier alpha value is -1.20. The van der Waals surface area contributed by atoms with Gasteiger partial charge < -0.3 is 5.43 Å². The van der Waals surface area contributed by atoms with Crippen LogP contribution in [-0.2, 0) is 6.42 Å². The highest BCUT2D eigenvalue weighted by atomic mass is 32.1. The predicted molar refractivity (Wildman–Crippen MR) is 61.7 cm³/mol. The Labute approximate surface area is 91.5 Å². The summed E-state index contributed by atoms with van der Waals surface area (Å²) in [6, 6.07) is 2.00. The summed E-state index contributed by atoms with van der Waals surface area (Å²) in [5.41, 5.74) is 2.65. The van der Waals surface area contributed by atoms with Crippen molar-refractivity contribution in [1.82, 2.24) is 9.97 Å². The van der Waals surface area contributed by atoms with E-state index < -0.39 is 0 Å². The molecule has 3 rings (SSSR count). The van der Waals surface area contributed by atoms with Crippen molar-refractivity contribution in [3.8, 4) is 0 Å². The highest BCUT2D eigenvalue weighted by molar-refractivity contribution is 7.16. The monoisotopic (exact) mass is 220 g/mol. The zero-order chi connectivity index (χ0) is 10.3. The maximum atomic E-state index is 5.45. The van der Waals surface area contributed by atoms with Gasteiger partial charge in [0.1, 0.15) is 10.7 Å². The van der Waals surface area contributed by atoms with Crippen LogP contribution in [0, 0.1) is 5.92 Å². The second-order valence-electron chi connectivity index (χ2n) is 3.92. The summed E-state index contributed by atoms with van der Waals surface area (Å²) in [6.07, 6.45) is 3.62. The SMILES string of the molecule is NNc1nc(CC2CC2)nc2sccc12. The lowest BCUT2D eigenvalue weighted by Gasteiger charge is -2.04. The van der Waals surface area contributed by atoms with Gasteiger partial charge >= 0.3 is 0 Å². The molecule has 1 aliphatic rings. The lowest BCUT2D eigenvalue weighted by Crippen LogP contribution is -2.10. The van der Waals surface area contributed by atoms with Gasteiger partial charge in [0.25, 0.3) is 0 Å². The number of anilines is 1. The number of aromatic nitrogens is 2. The van der Waals surface area contributed by atoms with E-state index in [4.69, 9.17) is 5.84 Å². The Morgan fingerprint density at radius 2 is 2.33 bits per heavy atom. The van der Waals surface area contributed by atoms with E-state index >= 15 is 0 Å². The fraction of sp³-hybridized carbons (Fsp3) is 0.400. The number of hydrazine groups is 1. The van der Waals surface area contributed by atoms with Crippen LogP contribution in [0.3, 0.4) is 0 Å². The van der Waals surface area contributed by atoms with Crippen molar-refractivity contribution in [2.45, 2.75) is 19.3 Å². The van der Waals surface area contributed by atoms with Gasteiger partial charge in [-0.15, -0.1) is 11.3 Å². The Balaban J connectivity index is 2.06. The zero-order valence-electron chi connectivity index (χ0n) is 8.23. The van der Waals surface area contributed by atoms with E-state index in [9.17, 15) is 0 Å². The van der Waals surface area contributed by atoms with Gasteiger partial charge in [-0.3, -0.25) is 0 Å². The minimum absolute atomic E-state index is 0.747. The molecule has 4 nitrogen and oxygen atoms in total.